The van der Waals surface area contributed by atoms with Crippen molar-refractivity contribution < 1.29 is 14.0 Å². The van der Waals surface area contributed by atoms with E-state index < -0.39 is 5.82 Å². The van der Waals surface area contributed by atoms with Crippen LogP contribution in [0.2, 0.25) is 0 Å². The van der Waals surface area contributed by atoms with Gasteiger partial charge in [0.1, 0.15) is 5.82 Å². The minimum atomic E-state index is -0.470. The fourth-order valence-corrected chi connectivity index (χ4v) is 4.79. The van der Waals surface area contributed by atoms with E-state index in [0.29, 0.717) is 18.2 Å². The van der Waals surface area contributed by atoms with Gasteiger partial charge in [-0.15, -0.1) is 11.3 Å². The molecule has 32 heavy (non-hydrogen) atoms. The summed E-state index contributed by atoms with van der Waals surface area (Å²) in [5.74, 6) is -0.828. The standard InChI is InChI=1S/C24H25FN4O2S/c1-17(30)29(22-12-6-5-11-21(22)25)24-27-20(16-32-24)15-28-13-7-8-18(14-28)23(31)26-19-9-3-2-4-10-19/h2-6,9-12,16,18H,7-8,13-15H2,1H3,(H,26,31)/t18-/m0/s1. The van der Waals surface area contributed by atoms with Crippen molar-refractivity contribution >= 4 is 39.7 Å². The number of hydrogen-bond donors (Lipinski definition) is 1. The molecule has 166 valence electrons. The van der Waals surface area contributed by atoms with Crippen LogP contribution >= 0.6 is 11.3 Å². The molecule has 2 heterocycles. The van der Waals surface area contributed by atoms with E-state index in [9.17, 15) is 14.0 Å². The summed E-state index contributed by atoms with van der Waals surface area (Å²) >= 11 is 1.31. The number of nitrogens with one attached hydrogen (secondary N) is 1. The lowest BCUT2D eigenvalue weighted by Crippen LogP contribution is -2.40. The first-order valence-electron chi connectivity index (χ1n) is 10.6. The molecule has 0 saturated carbocycles. The number of likely N-dealkylation sites (tertiary alicyclic amines) is 1. The lowest BCUT2D eigenvalue weighted by Gasteiger charge is -2.31. The van der Waals surface area contributed by atoms with E-state index in [-0.39, 0.29) is 23.4 Å². The molecule has 1 aromatic heterocycles. The zero-order valence-electron chi connectivity index (χ0n) is 17.8. The summed E-state index contributed by atoms with van der Waals surface area (Å²) in [5.41, 5.74) is 1.80. The van der Waals surface area contributed by atoms with Crippen LogP contribution in [0.1, 0.15) is 25.5 Å². The zero-order chi connectivity index (χ0) is 22.5. The number of aromatic nitrogens is 1. The topological polar surface area (TPSA) is 65.5 Å². The van der Waals surface area contributed by atoms with Gasteiger partial charge in [0.2, 0.25) is 11.8 Å². The minimum Gasteiger partial charge on any atom is -0.326 e. The highest BCUT2D eigenvalue weighted by atomic mass is 32.1. The van der Waals surface area contributed by atoms with E-state index in [1.54, 1.807) is 18.2 Å². The molecule has 2 amide bonds. The molecule has 0 aliphatic carbocycles. The fourth-order valence-electron chi connectivity index (χ4n) is 3.92. The van der Waals surface area contributed by atoms with Crippen molar-refractivity contribution in [3.05, 3.63) is 71.5 Å². The molecule has 6 nitrogen and oxygen atoms in total. The summed E-state index contributed by atoms with van der Waals surface area (Å²) in [6, 6.07) is 15.6. The van der Waals surface area contributed by atoms with Gasteiger partial charge in [0.15, 0.2) is 5.13 Å². The number of piperidine rings is 1. The number of anilines is 3. The van der Waals surface area contributed by atoms with Gasteiger partial charge in [-0.05, 0) is 43.7 Å². The number of rotatable bonds is 6. The van der Waals surface area contributed by atoms with Crippen LogP contribution in [0.3, 0.4) is 0 Å². The summed E-state index contributed by atoms with van der Waals surface area (Å²) in [6.07, 6.45) is 1.78. The SMILES string of the molecule is CC(=O)N(c1nc(CN2CCC[C@H](C(=O)Nc3ccccc3)C2)cs1)c1ccccc1F. The van der Waals surface area contributed by atoms with E-state index >= 15 is 0 Å². The lowest BCUT2D eigenvalue weighted by molar-refractivity contribution is -0.121. The summed E-state index contributed by atoms with van der Waals surface area (Å²) in [5, 5.41) is 5.32. The Balaban J connectivity index is 1.42. The summed E-state index contributed by atoms with van der Waals surface area (Å²) in [6.45, 7) is 3.50. The first-order chi connectivity index (χ1) is 15.5. The molecule has 0 radical (unpaired) electrons. The zero-order valence-corrected chi connectivity index (χ0v) is 18.6. The summed E-state index contributed by atoms with van der Waals surface area (Å²) in [4.78, 5) is 33.0. The van der Waals surface area contributed by atoms with Gasteiger partial charge < -0.3 is 5.32 Å². The first kappa shape index (κ1) is 22.1. The monoisotopic (exact) mass is 452 g/mol. The van der Waals surface area contributed by atoms with Crippen LogP contribution in [0.25, 0.3) is 0 Å². The third-order valence-corrected chi connectivity index (χ3v) is 6.32. The van der Waals surface area contributed by atoms with Crippen LogP contribution in [0.15, 0.2) is 60.0 Å². The van der Waals surface area contributed by atoms with Gasteiger partial charge in [-0.1, -0.05) is 30.3 Å². The number of carbonyl (C=O) groups excluding carboxylic acids is 2. The maximum absolute atomic E-state index is 14.3. The Morgan fingerprint density at radius 3 is 2.69 bits per heavy atom. The average molecular weight is 453 g/mol. The van der Waals surface area contributed by atoms with Gasteiger partial charge in [0.25, 0.3) is 0 Å². The van der Waals surface area contributed by atoms with E-state index in [1.807, 2.05) is 35.7 Å². The van der Waals surface area contributed by atoms with Crippen LogP contribution in [-0.2, 0) is 16.1 Å². The van der Waals surface area contributed by atoms with Crippen molar-refractivity contribution in [1.82, 2.24) is 9.88 Å². The van der Waals surface area contributed by atoms with Crippen molar-refractivity contribution in [2.45, 2.75) is 26.3 Å². The van der Waals surface area contributed by atoms with Gasteiger partial charge in [-0.3, -0.25) is 19.4 Å². The molecule has 0 unspecified atom stereocenters. The second kappa shape index (κ2) is 10.0. The highest BCUT2D eigenvalue weighted by Crippen LogP contribution is 2.31. The van der Waals surface area contributed by atoms with Crippen LogP contribution in [0, 0.1) is 11.7 Å². The number of carbonyl (C=O) groups is 2. The number of amides is 2. The highest BCUT2D eigenvalue weighted by molar-refractivity contribution is 7.14. The molecule has 1 saturated heterocycles. The Morgan fingerprint density at radius 2 is 1.94 bits per heavy atom. The largest absolute Gasteiger partial charge is 0.326 e. The quantitative estimate of drug-likeness (QED) is 0.583. The van der Waals surface area contributed by atoms with Gasteiger partial charge in [0.05, 0.1) is 17.3 Å². The number of nitrogens with zero attached hydrogens (tertiary/aromatic N) is 3. The average Bonchev–Trinajstić information content (AvgIpc) is 3.23. The Bertz CT molecular complexity index is 1090. The normalized spacial score (nSPS) is 16.5. The van der Waals surface area contributed by atoms with Gasteiger partial charge in [-0.25, -0.2) is 9.37 Å². The Labute approximate surface area is 190 Å². The maximum atomic E-state index is 14.3. The second-order valence-corrected chi connectivity index (χ2v) is 8.69. The second-order valence-electron chi connectivity index (χ2n) is 7.86. The van der Waals surface area contributed by atoms with Gasteiger partial charge in [0, 0.05) is 31.1 Å². The first-order valence-corrected chi connectivity index (χ1v) is 11.5. The molecule has 1 aliphatic rings. The fraction of sp³-hybridized carbons (Fsp3) is 0.292. The minimum absolute atomic E-state index is 0.0298. The number of hydrogen-bond acceptors (Lipinski definition) is 5. The van der Waals surface area contributed by atoms with E-state index in [2.05, 4.69) is 15.2 Å². The Hall–Kier alpha value is -3.10. The summed E-state index contributed by atoms with van der Waals surface area (Å²) < 4.78 is 14.3. The molecule has 1 aliphatic heterocycles. The number of halogens is 1. The number of para-hydroxylation sites is 2. The molecule has 1 N–H and O–H groups in total. The van der Waals surface area contributed by atoms with Gasteiger partial charge in [-0.2, -0.15) is 0 Å². The molecule has 1 atom stereocenters. The molecule has 8 heteroatoms. The van der Waals surface area contributed by atoms with Crippen molar-refractivity contribution in [3.63, 3.8) is 0 Å². The van der Waals surface area contributed by atoms with Crippen LogP contribution in [0.5, 0.6) is 0 Å². The number of thiazole rings is 1. The molecule has 4 rings (SSSR count). The smallest absolute Gasteiger partial charge is 0.230 e. The molecule has 0 bridgehead atoms. The Morgan fingerprint density at radius 1 is 1.19 bits per heavy atom. The predicted octanol–water partition coefficient (Wildman–Crippen LogP) is 4.82. The Kier molecular flexibility index (Phi) is 6.92. The third kappa shape index (κ3) is 5.20. The van der Waals surface area contributed by atoms with E-state index in [0.717, 1.165) is 30.8 Å². The highest BCUT2D eigenvalue weighted by Gasteiger charge is 2.27. The lowest BCUT2D eigenvalue weighted by atomic mass is 9.97. The molecule has 0 spiro atoms. The van der Waals surface area contributed by atoms with Crippen LogP contribution in [-0.4, -0.2) is 34.8 Å². The third-order valence-electron chi connectivity index (χ3n) is 5.44. The van der Waals surface area contributed by atoms with Crippen LogP contribution in [0.4, 0.5) is 20.9 Å². The maximum Gasteiger partial charge on any atom is 0.230 e. The summed E-state index contributed by atoms with van der Waals surface area (Å²) in [7, 11) is 0. The van der Waals surface area contributed by atoms with E-state index in [1.165, 1.54) is 29.2 Å². The molecular formula is C24H25FN4O2S. The van der Waals surface area contributed by atoms with Crippen molar-refractivity contribution in [2.24, 2.45) is 5.92 Å². The predicted molar refractivity (Wildman–Crippen MR) is 124 cm³/mol. The van der Waals surface area contributed by atoms with Crippen LogP contribution < -0.4 is 10.2 Å². The van der Waals surface area contributed by atoms with Gasteiger partial charge >= 0.3 is 0 Å². The van der Waals surface area contributed by atoms with E-state index in [4.69, 9.17) is 0 Å². The number of benzene rings is 2. The molecule has 2 aromatic carbocycles. The molecular weight excluding hydrogens is 427 g/mol. The molecule has 1 fully saturated rings. The van der Waals surface area contributed by atoms with Crippen molar-refractivity contribution in [3.8, 4) is 0 Å². The molecule has 3 aromatic rings. The van der Waals surface area contributed by atoms with Crippen molar-refractivity contribution in [1.29, 1.82) is 0 Å². The van der Waals surface area contributed by atoms with Crippen molar-refractivity contribution in [2.75, 3.05) is 23.3 Å².